The Balaban J connectivity index is 2.02. The van der Waals surface area contributed by atoms with E-state index >= 15 is 0 Å². The van der Waals surface area contributed by atoms with Crippen molar-refractivity contribution in [2.45, 2.75) is 31.2 Å². The van der Waals surface area contributed by atoms with Gasteiger partial charge in [0.1, 0.15) is 0 Å². The molecule has 0 bridgehead atoms. The summed E-state index contributed by atoms with van der Waals surface area (Å²) in [6.45, 7) is 1.31. The zero-order valence-electron chi connectivity index (χ0n) is 11.7. The molecule has 20 heavy (non-hydrogen) atoms. The molecule has 0 amide bonds. The highest BCUT2D eigenvalue weighted by Gasteiger charge is 2.43. The van der Waals surface area contributed by atoms with E-state index in [4.69, 9.17) is 5.73 Å². The predicted molar refractivity (Wildman–Crippen MR) is 81.8 cm³/mol. The Labute approximate surface area is 120 Å². The Morgan fingerprint density at radius 1 is 1.25 bits per heavy atom. The van der Waals surface area contributed by atoms with Crippen molar-refractivity contribution in [3.05, 3.63) is 29.8 Å². The lowest BCUT2D eigenvalue weighted by atomic mass is 9.89. The monoisotopic (exact) mass is 294 g/mol. The highest BCUT2D eigenvalue weighted by Crippen LogP contribution is 2.37. The minimum absolute atomic E-state index is 0.199. The first-order chi connectivity index (χ1) is 9.56. The number of nitrogens with zero attached hydrogens (tertiary/aromatic N) is 1. The van der Waals surface area contributed by atoms with E-state index < -0.39 is 15.4 Å². The molecule has 3 rings (SSSR count). The summed E-state index contributed by atoms with van der Waals surface area (Å²) in [7, 11) is -2.98. The normalized spacial score (nSPS) is 28.9. The van der Waals surface area contributed by atoms with Gasteiger partial charge < -0.3 is 10.6 Å². The molecule has 1 aromatic carbocycles. The quantitative estimate of drug-likeness (QED) is 0.894. The van der Waals surface area contributed by atoms with E-state index in [-0.39, 0.29) is 5.75 Å². The molecule has 0 aromatic heterocycles. The van der Waals surface area contributed by atoms with Crippen molar-refractivity contribution in [3.8, 4) is 0 Å². The molecule has 2 aliphatic heterocycles. The van der Waals surface area contributed by atoms with Crippen LogP contribution in [0.25, 0.3) is 0 Å². The van der Waals surface area contributed by atoms with Crippen LogP contribution in [-0.2, 0) is 16.3 Å². The summed E-state index contributed by atoms with van der Waals surface area (Å²) in [6.07, 6.45) is 3.73. The third-order valence-corrected chi connectivity index (χ3v) is 6.54. The number of sulfone groups is 1. The van der Waals surface area contributed by atoms with Gasteiger partial charge in [0.25, 0.3) is 0 Å². The van der Waals surface area contributed by atoms with Gasteiger partial charge in [0.15, 0.2) is 9.84 Å². The number of hydrogen-bond acceptors (Lipinski definition) is 4. The first kappa shape index (κ1) is 13.9. The van der Waals surface area contributed by atoms with Crippen LogP contribution in [0.3, 0.4) is 0 Å². The van der Waals surface area contributed by atoms with E-state index in [0.29, 0.717) is 12.3 Å². The average molecular weight is 294 g/mol. The molecular formula is C15H22N2O2S. The van der Waals surface area contributed by atoms with Crippen molar-refractivity contribution in [1.29, 1.82) is 0 Å². The molecule has 5 heteroatoms. The van der Waals surface area contributed by atoms with Gasteiger partial charge in [-0.3, -0.25) is 0 Å². The zero-order valence-corrected chi connectivity index (χ0v) is 12.5. The second-order valence-electron chi connectivity index (χ2n) is 6.01. The van der Waals surface area contributed by atoms with Crippen molar-refractivity contribution in [2.24, 2.45) is 5.73 Å². The van der Waals surface area contributed by atoms with E-state index in [1.165, 1.54) is 11.3 Å². The second-order valence-corrected chi connectivity index (χ2v) is 8.19. The number of rotatable bonds is 2. The molecule has 1 fully saturated rings. The Hall–Kier alpha value is -1.07. The average Bonchev–Trinajstić information content (AvgIpc) is 2.45. The van der Waals surface area contributed by atoms with Crippen LogP contribution < -0.4 is 10.6 Å². The molecule has 0 saturated carbocycles. The second kappa shape index (κ2) is 5.04. The number of aryl methyl sites for hydroxylation is 1. The van der Waals surface area contributed by atoms with Gasteiger partial charge in [-0.1, -0.05) is 18.2 Å². The molecule has 110 valence electrons. The Bertz CT molecular complexity index is 600. The zero-order chi connectivity index (χ0) is 14.2. The lowest BCUT2D eigenvalue weighted by Gasteiger charge is -2.49. The summed E-state index contributed by atoms with van der Waals surface area (Å²) in [4.78, 5) is 2.28. The fraction of sp³-hybridized carbons (Fsp3) is 0.600. The Morgan fingerprint density at radius 2 is 2.05 bits per heavy atom. The highest BCUT2D eigenvalue weighted by atomic mass is 32.2. The molecule has 0 aliphatic carbocycles. The molecule has 2 N–H and O–H groups in total. The van der Waals surface area contributed by atoms with Crippen LogP contribution in [0.4, 0.5) is 5.69 Å². The van der Waals surface area contributed by atoms with E-state index in [1.54, 1.807) is 0 Å². The van der Waals surface area contributed by atoms with Gasteiger partial charge in [-0.2, -0.15) is 0 Å². The summed E-state index contributed by atoms with van der Waals surface area (Å²) in [5, 5.41) is 0. The van der Waals surface area contributed by atoms with Crippen molar-refractivity contribution in [2.75, 3.05) is 29.5 Å². The minimum atomic E-state index is -2.98. The standard InChI is InChI=1S/C15H22N2O2S/c16-11-15(8-4-10-20(18,19)12-15)17-9-3-6-13-5-1-2-7-14(13)17/h1-2,5,7H,3-4,6,8-12,16H2. The van der Waals surface area contributed by atoms with E-state index in [9.17, 15) is 8.42 Å². The maximum Gasteiger partial charge on any atom is 0.152 e. The summed E-state index contributed by atoms with van der Waals surface area (Å²) < 4.78 is 24.2. The van der Waals surface area contributed by atoms with Crippen LogP contribution in [0.15, 0.2) is 24.3 Å². The van der Waals surface area contributed by atoms with Gasteiger partial charge in [0, 0.05) is 18.8 Å². The predicted octanol–water partition coefficient (Wildman–Crippen LogP) is 1.35. The number of hydrogen-bond donors (Lipinski definition) is 1. The molecule has 1 unspecified atom stereocenters. The van der Waals surface area contributed by atoms with E-state index in [0.717, 1.165) is 32.2 Å². The fourth-order valence-corrected chi connectivity index (χ4v) is 5.65. The van der Waals surface area contributed by atoms with Crippen molar-refractivity contribution in [3.63, 3.8) is 0 Å². The van der Waals surface area contributed by atoms with E-state index in [1.807, 2.05) is 6.07 Å². The maximum absolute atomic E-state index is 12.1. The van der Waals surface area contributed by atoms with Gasteiger partial charge in [-0.25, -0.2) is 8.42 Å². The van der Waals surface area contributed by atoms with Gasteiger partial charge in [-0.05, 0) is 37.3 Å². The molecule has 1 saturated heterocycles. The summed E-state index contributed by atoms with van der Waals surface area (Å²) >= 11 is 0. The largest absolute Gasteiger partial charge is 0.363 e. The third-order valence-electron chi connectivity index (χ3n) is 4.65. The Kier molecular flexibility index (Phi) is 3.50. The fourth-order valence-electron chi connectivity index (χ4n) is 3.69. The van der Waals surface area contributed by atoms with Crippen molar-refractivity contribution < 1.29 is 8.42 Å². The summed E-state index contributed by atoms with van der Waals surface area (Å²) in [5.41, 5.74) is 8.13. The van der Waals surface area contributed by atoms with E-state index in [2.05, 4.69) is 23.1 Å². The molecule has 0 spiro atoms. The van der Waals surface area contributed by atoms with Crippen LogP contribution in [0.1, 0.15) is 24.8 Å². The molecule has 2 heterocycles. The number of benzene rings is 1. The Morgan fingerprint density at radius 3 is 2.80 bits per heavy atom. The van der Waals surface area contributed by atoms with Crippen molar-refractivity contribution in [1.82, 2.24) is 0 Å². The van der Waals surface area contributed by atoms with Crippen molar-refractivity contribution >= 4 is 15.5 Å². The topological polar surface area (TPSA) is 63.4 Å². The maximum atomic E-state index is 12.1. The summed E-state index contributed by atoms with van der Waals surface area (Å²) in [5.74, 6) is 0.509. The number of anilines is 1. The van der Waals surface area contributed by atoms with Crippen LogP contribution >= 0.6 is 0 Å². The number of nitrogens with two attached hydrogens (primary N) is 1. The molecule has 4 nitrogen and oxygen atoms in total. The van der Waals surface area contributed by atoms with Gasteiger partial charge in [0.2, 0.25) is 0 Å². The lowest BCUT2D eigenvalue weighted by Crippen LogP contribution is -2.61. The smallest absolute Gasteiger partial charge is 0.152 e. The summed E-state index contributed by atoms with van der Waals surface area (Å²) in [6, 6.07) is 8.32. The van der Waals surface area contributed by atoms with Gasteiger partial charge >= 0.3 is 0 Å². The SMILES string of the molecule is NCC1(N2CCCc3ccccc32)CCCS(=O)(=O)C1. The van der Waals surface area contributed by atoms with Crippen LogP contribution in [-0.4, -0.2) is 38.6 Å². The highest BCUT2D eigenvalue weighted by molar-refractivity contribution is 7.91. The van der Waals surface area contributed by atoms with Gasteiger partial charge in [0.05, 0.1) is 17.0 Å². The molecule has 1 atom stereocenters. The number of para-hydroxylation sites is 1. The lowest BCUT2D eigenvalue weighted by molar-refractivity contribution is 0.373. The first-order valence-electron chi connectivity index (χ1n) is 7.32. The molecular weight excluding hydrogens is 272 g/mol. The van der Waals surface area contributed by atoms with Gasteiger partial charge in [-0.15, -0.1) is 0 Å². The molecule has 2 aliphatic rings. The third kappa shape index (κ3) is 2.33. The molecule has 0 radical (unpaired) electrons. The van der Waals surface area contributed by atoms with Crippen LogP contribution in [0.5, 0.6) is 0 Å². The van der Waals surface area contributed by atoms with Crippen LogP contribution in [0, 0.1) is 0 Å². The molecule has 1 aromatic rings. The minimum Gasteiger partial charge on any atom is -0.363 e. The first-order valence-corrected chi connectivity index (χ1v) is 9.15. The number of fused-ring (bicyclic) bond motifs is 1. The van der Waals surface area contributed by atoms with Crippen LogP contribution in [0.2, 0.25) is 0 Å².